The van der Waals surface area contributed by atoms with Crippen LogP contribution < -0.4 is 10.5 Å². The van der Waals surface area contributed by atoms with E-state index in [1.165, 1.54) is 0 Å². The second-order valence-corrected chi connectivity index (χ2v) is 10.3. The number of hydrogen-bond donors (Lipinski definition) is 1. The summed E-state index contributed by atoms with van der Waals surface area (Å²) in [6, 6.07) is 13.2. The first-order valence-electron chi connectivity index (χ1n) is 12.9. The van der Waals surface area contributed by atoms with Crippen molar-refractivity contribution < 1.29 is 14.3 Å². The highest BCUT2D eigenvalue weighted by Gasteiger charge is 2.29. The molecule has 2 aromatic heterocycles. The van der Waals surface area contributed by atoms with Gasteiger partial charge in [-0.2, -0.15) is 0 Å². The summed E-state index contributed by atoms with van der Waals surface area (Å²) in [5.41, 5.74) is 9.79. The lowest BCUT2D eigenvalue weighted by Crippen LogP contribution is -2.50. The lowest BCUT2D eigenvalue weighted by molar-refractivity contribution is 0.0532. The molecular formula is C28H28ClN7O3. The Morgan fingerprint density at radius 2 is 1.77 bits per heavy atom. The number of carbonyl (C=O) groups is 2. The van der Waals surface area contributed by atoms with Crippen molar-refractivity contribution in [1.82, 2.24) is 29.8 Å². The van der Waals surface area contributed by atoms with Crippen LogP contribution in [0.5, 0.6) is 5.75 Å². The van der Waals surface area contributed by atoms with Gasteiger partial charge < -0.3 is 20.3 Å². The van der Waals surface area contributed by atoms with E-state index in [2.05, 4.69) is 10.3 Å². The van der Waals surface area contributed by atoms with Crippen molar-refractivity contribution in [2.24, 2.45) is 5.73 Å². The molecule has 1 saturated heterocycles. The first kappa shape index (κ1) is 25.3. The number of piperazine rings is 1. The number of fused-ring (bicyclic) bond motifs is 1. The number of amides is 2. The molecule has 2 N–H and O–H groups in total. The Balaban J connectivity index is 1.18. The smallest absolute Gasteiger partial charge is 0.276 e. The van der Waals surface area contributed by atoms with E-state index in [0.717, 1.165) is 29.4 Å². The predicted octanol–water partition coefficient (Wildman–Crippen LogP) is 3.55. The van der Waals surface area contributed by atoms with Crippen molar-refractivity contribution in [2.45, 2.75) is 25.4 Å². The molecule has 4 aromatic rings. The predicted molar refractivity (Wildman–Crippen MR) is 147 cm³/mol. The average molecular weight is 546 g/mol. The number of nitrogens with two attached hydrogens (primary N) is 1. The zero-order valence-corrected chi connectivity index (χ0v) is 22.3. The zero-order chi connectivity index (χ0) is 27.1. The maximum absolute atomic E-state index is 13.4. The Morgan fingerprint density at radius 3 is 2.46 bits per heavy atom. The van der Waals surface area contributed by atoms with Gasteiger partial charge in [0.15, 0.2) is 5.69 Å². The van der Waals surface area contributed by atoms with Crippen LogP contribution in [0.1, 0.15) is 45.3 Å². The van der Waals surface area contributed by atoms with Crippen LogP contribution in [0.4, 0.5) is 0 Å². The Labute approximate surface area is 230 Å². The van der Waals surface area contributed by atoms with Gasteiger partial charge in [0.05, 0.1) is 35.6 Å². The van der Waals surface area contributed by atoms with E-state index >= 15 is 0 Å². The van der Waals surface area contributed by atoms with E-state index in [9.17, 15) is 9.59 Å². The monoisotopic (exact) mass is 545 g/mol. The molecule has 1 aliphatic carbocycles. The zero-order valence-electron chi connectivity index (χ0n) is 21.5. The number of ether oxygens (including phenoxy) is 1. The van der Waals surface area contributed by atoms with Crippen molar-refractivity contribution in [3.63, 3.8) is 0 Å². The van der Waals surface area contributed by atoms with Gasteiger partial charge >= 0.3 is 0 Å². The maximum Gasteiger partial charge on any atom is 0.276 e. The van der Waals surface area contributed by atoms with Crippen LogP contribution in [-0.4, -0.2) is 74.9 Å². The first-order valence-corrected chi connectivity index (χ1v) is 13.3. The van der Waals surface area contributed by atoms with Gasteiger partial charge in [0.25, 0.3) is 11.8 Å². The topological polar surface area (TPSA) is 119 Å². The van der Waals surface area contributed by atoms with Gasteiger partial charge in [-0.15, -0.1) is 5.10 Å². The first-order chi connectivity index (χ1) is 18.9. The molecule has 11 heteroatoms. The number of nitrogens with zero attached hydrogens (tertiary/aromatic N) is 6. The van der Waals surface area contributed by atoms with E-state index in [-0.39, 0.29) is 11.8 Å². The summed E-state index contributed by atoms with van der Waals surface area (Å²) in [6.07, 6.45) is 3.88. The molecule has 0 radical (unpaired) electrons. The molecule has 2 aliphatic rings. The van der Waals surface area contributed by atoms with E-state index < -0.39 is 0 Å². The number of aromatic nitrogens is 4. The highest BCUT2D eigenvalue weighted by Crippen LogP contribution is 2.34. The van der Waals surface area contributed by atoms with Crippen LogP contribution in [0.2, 0.25) is 5.02 Å². The molecule has 10 nitrogen and oxygen atoms in total. The van der Waals surface area contributed by atoms with Gasteiger partial charge in [0.1, 0.15) is 5.75 Å². The van der Waals surface area contributed by atoms with Crippen molar-refractivity contribution >= 4 is 34.3 Å². The average Bonchev–Trinajstić information content (AvgIpc) is 3.71. The summed E-state index contributed by atoms with van der Waals surface area (Å²) >= 11 is 6.61. The minimum absolute atomic E-state index is 0.109. The molecule has 6 rings (SSSR count). The van der Waals surface area contributed by atoms with E-state index in [4.69, 9.17) is 27.1 Å². The minimum atomic E-state index is -0.151. The second-order valence-electron chi connectivity index (χ2n) is 9.85. The number of carbonyl (C=O) groups excluding carboxylic acids is 2. The number of benzene rings is 2. The third-order valence-corrected chi connectivity index (χ3v) is 7.62. The van der Waals surface area contributed by atoms with Crippen LogP contribution in [0.25, 0.3) is 22.2 Å². The standard InChI is InChI=1S/C28H28ClN7O3/c1-39-26-7-3-17(12-19(26)15-30)23-14-22(29)21-6-2-18(13-24(21)31-23)27(37)34-8-10-35(11-9-34)28(38)25-16-36(33-32-25)20-4-5-20/h2-3,6-7,12-14,16,20H,4-5,8-11,15,30H2,1H3. The fourth-order valence-corrected chi connectivity index (χ4v) is 5.18. The van der Waals surface area contributed by atoms with Crippen LogP contribution in [0.15, 0.2) is 48.7 Å². The van der Waals surface area contributed by atoms with Gasteiger partial charge in [0, 0.05) is 54.8 Å². The molecule has 39 heavy (non-hydrogen) atoms. The Bertz CT molecular complexity index is 1570. The van der Waals surface area contributed by atoms with Gasteiger partial charge in [-0.05, 0) is 49.2 Å². The van der Waals surface area contributed by atoms with Gasteiger partial charge in [-0.25, -0.2) is 9.67 Å². The molecule has 0 unspecified atom stereocenters. The van der Waals surface area contributed by atoms with Gasteiger partial charge in [-0.3, -0.25) is 9.59 Å². The number of halogens is 1. The van der Waals surface area contributed by atoms with Crippen LogP contribution in [-0.2, 0) is 6.54 Å². The summed E-state index contributed by atoms with van der Waals surface area (Å²) in [4.78, 5) is 34.5. The third-order valence-electron chi connectivity index (χ3n) is 7.31. The maximum atomic E-state index is 13.4. The molecule has 2 aromatic carbocycles. The van der Waals surface area contributed by atoms with Gasteiger partial charge in [-0.1, -0.05) is 22.9 Å². The molecule has 0 spiro atoms. The van der Waals surface area contributed by atoms with Crippen molar-refractivity contribution in [3.8, 4) is 17.0 Å². The van der Waals surface area contributed by atoms with Crippen molar-refractivity contribution in [3.05, 3.63) is 70.5 Å². The highest BCUT2D eigenvalue weighted by atomic mass is 35.5. The van der Waals surface area contributed by atoms with Crippen LogP contribution >= 0.6 is 11.6 Å². The summed E-state index contributed by atoms with van der Waals surface area (Å²) in [5.74, 6) is 0.455. The van der Waals surface area contributed by atoms with Crippen LogP contribution in [0, 0.1) is 0 Å². The largest absolute Gasteiger partial charge is 0.496 e. The molecule has 0 atom stereocenters. The van der Waals surface area contributed by atoms with E-state index in [0.29, 0.717) is 72.0 Å². The minimum Gasteiger partial charge on any atom is -0.496 e. The normalized spacial score (nSPS) is 15.6. The number of rotatable bonds is 6. The Morgan fingerprint density at radius 1 is 1.03 bits per heavy atom. The molecule has 1 aliphatic heterocycles. The summed E-state index contributed by atoms with van der Waals surface area (Å²) < 4.78 is 7.15. The summed E-state index contributed by atoms with van der Waals surface area (Å²) in [5, 5.41) is 9.44. The number of methoxy groups -OCH3 is 1. The Kier molecular flexibility index (Phi) is 6.66. The molecule has 1 saturated carbocycles. The molecule has 200 valence electrons. The summed E-state index contributed by atoms with van der Waals surface area (Å²) in [6.45, 7) is 2.06. The summed E-state index contributed by atoms with van der Waals surface area (Å²) in [7, 11) is 1.61. The lowest BCUT2D eigenvalue weighted by Gasteiger charge is -2.34. The van der Waals surface area contributed by atoms with E-state index in [1.807, 2.05) is 30.3 Å². The van der Waals surface area contributed by atoms with Crippen molar-refractivity contribution in [1.29, 1.82) is 0 Å². The third kappa shape index (κ3) is 4.93. The highest BCUT2D eigenvalue weighted by molar-refractivity contribution is 6.35. The molecule has 2 fully saturated rings. The lowest BCUT2D eigenvalue weighted by atomic mass is 10.0. The van der Waals surface area contributed by atoms with E-state index in [1.54, 1.807) is 39.9 Å². The number of pyridine rings is 1. The van der Waals surface area contributed by atoms with Crippen molar-refractivity contribution in [2.75, 3.05) is 33.3 Å². The second kappa shape index (κ2) is 10.3. The molecular weight excluding hydrogens is 518 g/mol. The fourth-order valence-electron chi connectivity index (χ4n) is 4.91. The number of hydrogen-bond acceptors (Lipinski definition) is 7. The fraction of sp³-hybridized carbons (Fsp3) is 0.321. The van der Waals surface area contributed by atoms with Crippen LogP contribution in [0.3, 0.4) is 0 Å². The molecule has 3 heterocycles. The Hall–Kier alpha value is -4.02. The molecule has 0 bridgehead atoms. The molecule has 2 amide bonds. The SMILES string of the molecule is COc1ccc(-c2cc(Cl)c3ccc(C(=O)N4CCN(C(=O)c5cn(C6CC6)nn5)CC4)cc3n2)cc1CN. The van der Waals surface area contributed by atoms with Gasteiger partial charge in [0.2, 0.25) is 0 Å². The quantitative estimate of drug-likeness (QED) is 0.393.